The van der Waals surface area contributed by atoms with E-state index in [1.54, 1.807) is 12.1 Å². The molecule has 2 aromatic carbocycles. The lowest BCUT2D eigenvalue weighted by molar-refractivity contribution is -0.122. The van der Waals surface area contributed by atoms with Gasteiger partial charge < -0.3 is 14.0 Å². The summed E-state index contributed by atoms with van der Waals surface area (Å²) in [7, 11) is -2.20. The van der Waals surface area contributed by atoms with Gasteiger partial charge in [-0.2, -0.15) is 9.30 Å². The van der Waals surface area contributed by atoms with Crippen molar-refractivity contribution in [1.29, 1.82) is 0 Å². The number of halogens is 1. The molecule has 35 heavy (non-hydrogen) atoms. The average molecular weight is 538 g/mol. The zero-order chi connectivity index (χ0) is 25.0. The molecule has 1 unspecified atom stereocenters. The summed E-state index contributed by atoms with van der Waals surface area (Å²) in [5.41, 5.74) is 0.929. The number of fused-ring (bicyclic) bond motifs is 1. The smallest absolute Gasteiger partial charge is 0.252 e. The van der Waals surface area contributed by atoms with Crippen LogP contribution in [0, 0.1) is 5.92 Å². The molecule has 1 aliphatic rings. The van der Waals surface area contributed by atoms with Gasteiger partial charge in [0.15, 0.2) is 4.80 Å². The zero-order valence-corrected chi connectivity index (χ0v) is 22.0. The van der Waals surface area contributed by atoms with Crippen LogP contribution in [0.2, 0.25) is 5.02 Å². The van der Waals surface area contributed by atoms with Crippen LogP contribution in [0.5, 0.6) is 5.75 Å². The minimum Gasteiger partial charge on any atom is -0.497 e. The lowest BCUT2D eigenvalue weighted by atomic mass is 9.99. The number of ether oxygens (including phenoxy) is 2. The number of hydrogen-bond acceptors (Lipinski definition) is 6. The molecule has 1 saturated heterocycles. The lowest BCUT2D eigenvalue weighted by Gasteiger charge is -2.30. The summed E-state index contributed by atoms with van der Waals surface area (Å²) in [5, 5.41) is 0.611. The van der Waals surface area contributed by atoms with Gasteiger partial charge in [0.05, 0.1) is 34.7 Å². The van der Waals surface area contributed by atoms with Crippen molar-refractivity contribution < 1.29 is 22.7 Å². The number of thiazole rings is 1. The Balaban J connectivity index is 1.59. The van der Waals surface area contributed by atoms with Gasteiger partial charge in [-0.25, -0.2) is 8.42 Å². The highest BCUT2D eigenvalue weighted by molar-refractivity contribution is 7.89. The molecule has 0 spiro atoms. The van der Waals surface area contributed by atoms with Crippen LogP contribution in [0.4, 0.5) is 0 Å². The molecule has 3 aromatic rings. The number of hydrogen-bond donors (Lipinski definition) is 0. The first-order valence-electron chi connectivity index (χ1n) is 11.4. The van der Waals surface area contributed by atoms with Crippen LogP contribution in [0.1, 0.15) is 19.8 Å². The maximum Gasteiger partial charge on any atom is 0.252 e. The number of aromatic nitrogens is 1. The Bertz CT molecular complexity index is 1370. The Morgan fingerprint density at radius 1 is 1.23 bits per heavy atom. The first-order chi connectivity index (χ1) is 16.8. The first kappa shape index (κ1) is 25.8. The van der Waals surface area contributed by atoms with Gasteiger partial charge in [-0.15, -0.1) is 0 Å². The standard InChI is InChI=1S/C24H28ClN3O5S2/c1-3-33-14-13-28-21-11-6-18(25)15-22(21)34-24(28)26-23(29)17-5-4-12-27(16-17)35(30,31)20-9-7-19(32-2)8-10-20/h6-11,15,17H,3-5,12-14,16H2,1-2H3. The van der Waals surface area contributed by atoms with Crippen LogP contribution < -0.4 is 9.54 Å². The predicted octanol–water partition coefficient (Wildman–Crippen LogP) is 3.93. The summed E-state index contributed by atoms with van der Waals surface area (Å²) in [6.07, 6.45) is 1.18. The van der Waals surface area contributed by atoms with Gasteiger partial charge in [0.25, 0.3) is 5.91 Å². The fourth-order valence-corrected chi connectivity index (χ4v) is 6.95. The fraction of sp³-hybridized carbons (Fsp3) is 0.417. The van der Waals surface area contributed by atoms with E-state index in [1.165, 1.54) is 34.9 Å². The van der Waals surface area contributed by atoms with Crippen LogP contribution >= 0.6 is 22.9 Å². The van der Waals surface area contributed by atoms with Crippen molar-refractivity contribution in [2.75, 3.05) is 33.4 Å². The molecule has 11 heteroatoms. The minimum absolute atomic E-state index is 0.104. The Morgan fingerprint density at radius 2 is 2.00 bits per heavy atom. The predicted molar refractivity (Wildman–Crippen MR) is 136 cm³/mol. The van der Waals surface area contributed by atoms with Gasteiger partial charge in [-0.05, 0) is 62.2 Å². The third-order valence-corrected chi connectivity index (χ3v) is 9.10. The van der Waals surface area contributed by atoms with Crippen molar-refractivity contribution in [3.63, 3.8) is 0 Å². The molecule has 8 nitrogen and oxygen atoms in total. The Hall–Kier alpha value is -2.24. The zero-order valence-electron chi connectivity index (χ0n) is 19.6. The number of amides is 1. The maximum atomic E-state index is 13.2. The number of benzene rings is 2. The highest BCUT2D eigenvalue weighted by Gasteiger charge is 2.33. The van der Waals surface area contributed by atoms with E-state index in [-0.39, 0.29) is 17.3 Å². The largest absolute Gasteiger partial charge is 0.497 e. The molecule has 188 valence electrons. The fourth-order valence-electron chi connectivity index (χ4n) is 4.09. The molecular weight excluding hydrogens is 510 g/mol. The topological polar surface area (TPSA) is 90.2 Å². The van der Waals surface area contributed by atoms with E-state index >= 15 is 0 Å². The summed E-state index contributed by atoms with van der Waals surface area (Å²) < 4.78 is 41.2. The molecule has 1 fully saturated rings. The van der Waals surface area contributed by atoms with E-state index in [9.17, 15) is 13.2 Å². The normalized spacial score (nSPS) is 17.7. The molecule has 2 heterocycles. The van der Waals surface area contributed by atoms with E-state index in [1.807, 2.05) is 29.7 Å². The third kappa shape index (κ3) is 5.78. The van der Waals surface area contributed by atoms with Crippen molar-refractivity contribution in [3.8, 4) is 5.75 Å². The van der Waals surface area contributed by atoms with E-state index in [4.69, 9.17) is 21.1 Å². The molecule has 1 atom stereocenters. The van der Waals surface area contributed by atoms with Gasteiger partial charge >= 0.3 is 0 Å². The van der Waals surface area contributed by atoms with Crippen LogP contribution in [-0.4, -0.2) is 56.6 Å². The van der Waals surface area contributed by atoms with Gasteiger partial charge in [0, 0.05) is 31.3 Å². The molecule has 0 bridgehead atoms. The molecule has 0 N–H and O–H groups in total. The van der Waals surface area contributed by atoms with E-state index < -0.39 is 15.9 Å². The second-order valence-corrected chi connectivity index (χ2v) is 11.6. The molecule has 1 amide bonds. The highest BCUT2D eigenvalue weighted by atomic mass is 35.5. The second kappa shape index (κ2) is 11.2. The first-order valence-corrected chi connectivity index (χ1v) is 14.1. The van der Waals surface area contributed by atoms with Gasteiger partial charge in [-0.1, -0.05) is 22.9 Å². The number of nitrogens with zero attached hydrogens (tertiary/aromatic N) is 3. The lowest BCUT2D eigenvalue weighted by Crippen LogP contribution is -2.42. The number of sulfonamides is 1. The maximum absolute atomic E-state index is 13.2. The summed E-state index contributed by atoms with van der Waals surface area (Å²) in [6.45, 7) is 4.04. The van der Waals surface area contributed by atoms with Crippen molar-refractivity contribution in [1.82, 2.24) is 8.87 Å². The Morgan fingerprint density at radius 3 is 2.71 bits per heavy atom. The van der Waals surface area contributed by atoms with Crippen molar-refractivity contribution in [2.24, 2.45) is 10.9 Å². The van der Waals surface area contributed by atoms with Crippen LogP contribution in [-0.2, 0) is 26.1 Å². The van der Waals surface area contributed by atoms with Crippen LogP contribution in [0.25, 0.3) is 10.2 Å². The van der Waals surface area contributed by atoms with E-state index in [2.05, 4.69) is 4.99 Å². The number of carbonyl (C=O) groups is 1. The van der Waals surface area contributed by atoms with Crippen molar-refractivity contribution in [2.45, 2.75) is 31.2 Å². The third-order valence-electron chi connectivity index (χ3n) is 5.94. The molecular formula is C24H28ClN3O5S2. The molecule has 0 radical (unpaired) electrons. The Kier molecular flexibility index (Phi) is 8.28. The quantitative estimate of drug-likeness (QED) is 0.406. The van der Waals surface area contributed by atoms with Crippen molar-refractivity contribution in [3.05, 3.63) is 52.3 Å². The SMILES string of the molecule is CCOCCn1c(=NC(=O)C2CCCN(S(=O)(=O)c3ccc(OC)cc3)C2)sc2cc(Cl)ccc21. The average Bonchev–Trinajstić information content (AvgIpc) is 3.20. The van der Waals surface area contributed by atoms with Crippen molar-refractivity contribution >= 4 is 49.1 Å². The highest BCUT2D eigenvalue weighted by Crippen LogP contribution is 2.26. The molecule has 1 aromatic heterocycles. The minimum atomic E-state index is -3.72. The number of piperidine rings is 1. The number of methoxy groups -OCH3 is 1. The molecule has 1 aliphatic heterocycles. The Labute approximate surface area is 213 Å². The van der Waals surface area contributed by atoms with Crippen LogP contribution in [0.3, 0.4) is 0 Å². The number of rotatable bonds is 8. The molecule has 0 saturated carbocycles. The van der Waals surface area contributed by atoms with E-state index in [0.29, 0.717) is 54.7 Å². The molecule has 4 rings (SSSR count). The van der Waals surface area contributed by atoms with Gasteiger partial charge in [-0.3, -0.25) is 4.79 Å². The molecule has 0 aliphatic carbocycles. The summed E-state index contributed by atoms with van der Waals surface area (Å²) in [4.78, 5) is 18.4. The van der Waals surface area contributed by atoms with E-state index in [0.717, 1.165) is 10.2 Å². The van der Waals surface area contributed by atoms with Gasteiger partial charge in [0.2, 0.25) is 10.0 Å². The summed E-state index contributed by atoms with van der Waals surface area (Å²) >= 11 is 7.55. The summed E-state index contributed by atoms with van der Waals surface area (Å²) in [5.74, 6) is -0.245. The van der Waals surface area contributed by atoms with Crippen LogP contribution in [0.15, 0.2) is 52.4 Å². The monoisotopic (exact) mass is 537 g/mol. The number of carbonyl (C=O) groups excluding carboxylic acids is 1. The summed E-state index contributed by atoms with van der Waals surface area (Å²) in [6, 6.07) is 11.8. The second-order valence-electron chi connectivity index (χ2n) is 8.17. The van der Waals surface area contributed by atoms with Gasteiger partial charge in [0.1, 0.15) is 5.75 Å².